The quantitative estimate of drug-likeness (QED) is 0.798. The molecule has 0 aliphatic carbocycles. The molecule has 0 bridgehead atoms. The molecule has 0 amide bonds. The number of aromatic nitrogens is 2. The first-order chi connectivity index (χ1) is 10.5. The van der Waals surface area contributed by atoms with Crippen LogP contribution < -0.4 is 5.56 Å². The predicted molar refractivity (Wildman–Crippen MR) is 86.7 cm³/mol. The van der Waals surface area contributed by atoms with Crippen molar-refractivity contribution < 1.29 is 9.90 Å². The maximum Gasteiger partial charge on any atom is 0.323 e. The minimum atomic E-state index is -1.08. The van der Waals surface area contributed by atoms with Crippen LogP contribution in [0.2, 0.25) is 5.02 Å². The van der Waals surface area contributed by atoms with Crippen LogP contribution in [0, 0.1) is 6.92 Å². The van der Waals surface area contributed by atoms with Crippen molar-refractivity contribution in [1.82, 2.24) is 9.55 Å². The Bertz CT molecular complexity index is 946. The number of fused-ring (bicyclic) bond motifs is 1. The number of hydrogen-bond acceptors (Lipinski definition) is 4. The van der Waals surface area contributed by atoms with Gasteiger partial charge in [-0.15, -0.1) is 11.3 Å². The summed E-state index contributed by atoms with van der Waals surface area (Å²) in [7, 11) is 0. The first-order valence-corrected chi connectivity index (χ1v) is 7.63. The highest BCUT2D eigenvalue weighted by molar-refractivity contribution is 7.19. The molecule has 0 saturated carbocycles. The van der Waals surface area contributed by atoms with E-state index in [4.69, 9.17) is 16.7 Å². The predicted octanol–water partition coefficient (Wildman–Crippen LogP) is 3.17. The Kier molecular flexibility index (Phi) is 3.72. The molecule has 2 heterocycles. The van der Waals surface area contributed by atoms with E-state index in [1.165, 1.54) is 17.7 Å². The van der Waals surface area contributed by atoms with Gasteiger partial charge in [0.25, 0.3) is 5.56 Å². The van der Waals surface area contributed by atoms with Crippen LogP contribution in [0.5, 0.6) is 0 Å². The van der Waals surface area contributed by atoms with Gasteiger partial charge in [0, 0.05) is 15.5 Å². The lowest BCUT2D eigenvalue weighted by Gasteiger charge is -2.04. The molecule has 7 heteroatoms. The first kappa shape index (κ1) is 14.7. The molecular formula is C15H11ClN2O3S. The Morgan fingerprint density at radius 3 is 2.91 bits per heavy atom. The molecule has 5 nitrogen and oxygen atoms in total. The summed E-state index contributed by atoms with van der Waals surface area (Å²) in [4.78, 5) is 29.2. The molecule has 112 valence electrons. The van der Waals surface area contributed by atoms with Gasteiger partial charge in [-0.25, -0.2) is 4.98 Å². The fraction of sp³-hybridized carbons (Fsp3) is 0.133. The number of nitrogens with zero attached hydrogens (tertiary/aromatic N) is 2. The molecule has 0 saturated heterocycles. The van der Waals surface area contributed by atoms with Crippen LogP contribution in [0.3, 0.4) is 0 Å². The van der Waals surface area contributed by atoms with Crippen LogP contribution in [-0.4, -0.2) is 20.6 Å². The molecule has 0 aliphatic rings. The molecule has 22 heavy (non-hydrogen) atoms. The van der Waals surface area contributed by atoms with E-state index >= 15 is 0 Å². The van der Waals surface area contributed by atoms with E-state index in [0.29, 0.717) is 15.2 Å². The molecule has 0 unspecified atom stereocenters. The lowest BCUT2D eigenvalue weighted by molar-refractivity contribution is -0.137. The van der Waals surface area contributed by atoms with Crippen LogP contribution in [-0.2, 0) is 11.3 Å². The summed E-state index contributed by atoms with van der Waals surface area (Å²) in [6.07, 6.45) is 1.27. The number of carboxylic acids is 1. The highest BCUT2D eigenvalue weighted by Gasteiger charge is 2.17. The van der Waals surface area contributed by atoms with Gasteiger partial charge in [-0.1, -0.05) is 23.7 Å². The first-order valence-electron chi connectivity index (χ1n) is 6.43. The number of halogens is 1. The summed E-state index contributed by atoms with van der Waals surface area (Å²) >= 11 is 7.44. The summed E-state index contributed by atoms with van der Waals surface area (Å²) in [5.74, 6) is -1.08. The van der Waals surface area contributed by atoms with Crippen molar-refractivity contribution in [3.05, 3.63) is 50.8 Å². The maximum atomic E-state index is 12.6. The van der Waals surface area contributed by atoms with Crippen LogP contribution in [0.1, 0.15) is 4.88 Å². The third-order valence-corrected chi connectivity index (χ3v) is 4.52. The average Bonchev–Trinajstić information content (AvgIpc) is 2.78. The fourth-order valence-corrected chi connectivity index (χ4v) is 3.58. The Balaban J connectivity index is 2.32. The number of carbonyl (C=O) groups is 1. The molecule has 1 aromatic carbocycles. The van der Waals surface area contributed by atoms with E-state index in [2.05, 4.69) is 4.98 Å². The van der Waals surface area contributed by atoms with E-state index in [0.717, 1.165) is 20.6 Å². The van der Waals surface area contributed by atoms with Gasteiger partial charge < -0.3 is 5.11 Å². The van der Waals surface area contributed by atoms with Crippen molar-refractivity contribution in [3.63, 3.8) is 0 Å². The van der Waals surface area contributed by atoms with Crippen molar-refractivity contribution in [3.8, 4) is 11.1 Å². The number of carboxylic acid groups (broad SMARTS) is 1. The number of rotatable bonds is 3. The molecule has 0 spiro atoms. The van der Waals surface area contributed by atoms with Crippen LogP contribution >= 0.6 is 22.9 Å². The summed E-state index contributed by atoms with van der Waals surface area (Å²) in [5, 5.41) is 9.90. The fourth-order valence-electron chi connectivity index (χ4n) is 2.39. The SMILES string of the molecule is Cc1sc2ncn(CC(=O)O)c(=O)c2c1-c1cccc(Cl)c1. The summed E-state index contributed by atoms with van der Waals surface area (Å²) < 4.78 is 1.10. The van der Waals surface area contributed by atoms with Gasteiger partial charge in [0.15, 0.2) is 0 Å². The Labute approximate surface area is 134 Å². The van der Waals surface area contributed by atoms with Gasteiger partial charge in [0.1, 0.15) is 11.4 Å². The zero-order chi connectivity index (χ0) is 15.9. The highest BCUT2D eigenvalue weighted by atomic mass is 35.5. The number of thiophene rings is 1. The smallest absolute Gasteiger partial charge is 0.323 e. The number of benzene rings is 1. The lowest BCUT2D eigenvalue weighted by atomic mass is 10.0. The van der Waals surface area contributed by atoms with E-state index in [1.54, 1.807) is 12.1 Å². The second-order valence-electron chi connectivity index (χ2n) is 4.80. The third kappa shape index (κ3) is 2.51. The number of aryl methyl sites for hydroxylation is 1. The van der Waals surface area contributed by atoms with Crippen LogP contribution in [0.15, 0.2) is 35.4 Å². The summed E-state index contributed by atoms with van der Waals surface area (Å²) in [6.45, 7) is 1.50. The Hall–Kier alpha value is -2.18. The van der Waals surface area contributed by atoms with Crippen molar-refractivity contribution in [1.29, 1.82) is 0 Å². The van der Waals surface area contributed by atoms with Crippen LogP contribution in [0.4, 0.5) is 0 Å². The van der Waals surface area contributed by atoms with E-state index in [1.807, 2.05) is 19.1 Å². The summed E-state index contributed by atoms with van der Waals surface area (Å²) in [6, 6.07) is 7.22. The number of aliphatic carboxylic acids is 1. The average molecular weight is 335 g/mol. The minimum absolute atomic E-state index is 0.355. The Morgan fingerprint density at radius 1 is 1.45 bits per heavy atom. The monoisotopic (exact) mass is 334 g/mol. The lowest BCUT2D eigenvalue weighted by Crippen LogP contribution is -2.24. The van der Waals surface area contributed by atoms with E-state index in [-0.39, 0.29) is 5.56 Å². The maximum absolute atomic E-state index is 12.6. The molecule has 0 atom stereocenters. The van der Waals surface area contributed by atoms with Crippen molar-refractivity contribution in [2.24, 2.45) is 0 Å². The molecule has 0 radical (unpaired) electrons. The highest BCUT2D eigenvalue weighted by Crippen LogP contribution is 2.36. The standard InChI is InChI=1S/C15H11ClN2O3S/c1-8-12(9-3-2-4-10(16)5-9)13-14(22-8)17-7-18(15(13)21)6-11(19)20/h2-5,7H,6H2,1H3,(H,19,20). The zero-order valence-electron chi connectivity index (χ0n) is 11.5. The van der Waals surface area contributed by atoms with Gasteiger partial charge in [-0.05, 0) is 24.6 Å². The minimum Gasteiger partial charge on any atom is -0.480 e. The van der Waals surface area contributed by atoms with Crippen molar-refractivity contribution >= 4 is 39.1 Å². The largest absolute Gasteiger partial charge is 0.480 e. The molecule has 3 aromatic rings. The molecule has 1 N–H and O–H groups in total. The number of hydrogen-bond donors (Lipinski definition) is 1. The molecular weight excluding hydrogens is 324 g/mol. The van der Waals surface area contributed by atoms with Gasteiger partial charge >= 0.3 is 5.97 Å². The Morgan fingerprint density at radius 2 is 2.23 bits per heavy atom. The van der Waals surface area contributed by atoms with Crippen molar-refractivity contribution in [2.75, 3.05) is 0 Å². The van der Waals surface area contributed by atoms with Gasteiger partial charge in [-0.2, -0.15) is 0 Å². The molecule has 0 fully saturated rings. The van der Waals surface area contributed by atoms with Gasteiger partial charge in [0.05, 0.1) is 11.7 Å². The normalized spacial score (nSPS) is 11.0. The third-order valence-electron chi connectivity index (χ3n) is 3.27. The van der Waals surface area contributed by atoms with Gasteiger partial charge in [-0.3, -0.25) is 14.2 Å². The zero-order valence-corrected chi connectivity index (χ0v) is 13.1. The van der Waals surface area contributed by atoms with Crippen LogP contribution in [0.25, 0.3) is 21.3 Å². The molecule has 2 aromatic heterocycles. The second-order valence-corrected chi connectivity index (χ2v) is 6.43. The van der Waals surface area contributed by atoms with Crippen molar-refractivity contribution in [2.45, 2.75) is 13.5 Å². The molecule has 0 aliphatic heterocycles. The van der Waals surface area contributed by atoms with E-state index < -0.39 is 12.5 Å². The molecule has 3 rings (SSSR count). The van der Waals surface area contributed by atoms with E-state index in [9.17, 15) is 9.59 Å². The topological polar surface area (TPSA) is 72.2 Å². The summed E-state index contributed by atoms with van der Waals surface area (Å²) in [5.41, 5.74) is 1.23. The van der Waals surface area contributed by atoms with Gasteiger partial charge in [0.2, 0.25) is 0 Å². The second kappa shape index (κ2) is 5.55.